The van der Waals surface area contributed by atoms with Gasteiger partial charge in [-0.1, -0.05) is 91.9 Å². The molecule has 23 heavy (non-hydrogen) atoms. The van der Waals surface area contributed by atoms with Crippen molar-refractivity contribution in [3.8, 4) is 0 Å². The van der Waals surface area contributed by atoms with E-state index in [4.69, 9.17) is 4.43 Å². The SMILES string of the molecule is CCCCCCCCCCCC[C@H](CO)O[Si](C)(C)C(C)(C)C. The third-order valence-electron chi connectivity index (χ3n) is 5.35. The van der Waals surface area contributed by atoms with Crippen LogP contribution in [0.25, 0.3) is 0 Å². The summed E-state index contributed by atoms with van der Waals surface area (Å²) in [5.74, 6) is 0. The van der Waals surface area contributed by atoms with E-state index in [0.29, 0.717) is 0 Å². The van der Waals surface area contributed by atoms with Gasteiger partial charge in [0.2, 0.25) is 0 Å². The molecule has 0 saturated carbocycles. The summed E-state index contributed by atoms with van der Waals surface area (Å²) in [6.07, 6.45) is 14.6. The van der Waals surface area contributed by atoms with Gasteiger partial charge in [0, 0.05) is 0 Å². The summed E-state index contributed by atoms with van der Waals surface area (Å²) in [7, 11) is -1.75. The first-order valence-electron chi connectivity index (χ1n) is 10.0. The fraction of sp³-hybridized carbons (Fsp3) is 1.00. The molecule has 0 fully saturated rings. The van der Waals surface area contributed by atoms with E-state index in [9.17, 15) is 5.11 Å². The van der Waals surface area contributed by atoms with Crippen molar-refractivity contribution < 1.29 is 9.53 Å². The topological polar surface area (TPSA) is 29.5 Å². The average molecular weight is 345 g/mol. The van der Waals surface area contributed by atoms with Crippen molar-refractivity contribution in [1.82, 2.24) is 0 Å². The van der Waals surface area contributed by atoms with Crippen molar-refractivity contribution in [2.75, 3.05) is 6.61 Å². The maximum atomic E-state index is 9.60. The number of hydrogen-bond acceptors (Lipinski definition) is 2. The van der Waals surface area contributed by atoms with Gasteiger partial charge in [-0.15, -0.1) is 0 Å². The Morgan fingerprint density at radius 1 is 0.826 bits per heavy atom. The van der Waals surface area contributed by atoms with Gasteiger partial charge in [-0.25, -0.2) is 0 Å². The van der Waals surface area contributed by atoms with E-state index in [0.717, 1.165) is 6.42 Å². The summed E-state index contributed by atoms with van der Waals surface area (Å²) in [4.78, 5) is 0. The van der Waals surface area contributed by atoms with Crippen molar-refractivity contribution >= 4 is 8.32 Å². The molecule has 3 heteroatoms. The van der Waals surface area contributed by atoms with Gasteiger partial charge in [-0.3, -0.25) is 0 Å². The summed E-state index contributed by atoms with van der Waals surface area (Å²) in [5, 5.41) is 9.82. The minimum atomic E-state index is -1.75. The first kappa shape index (κ1) is 23.1. The van der Waals surface area contributed by atoms with Gasteiger partial charge in [-0.05, 0) is 24.6 Å². The van der Waals surface area contributed by atoms with Crippen molar-refractivity contribution in [1.29, 1.82) is 0 Å². The normalized spacial score (nSPS) is 14.2. The van der Waals surface area contributed by atoms with Crippen LogP contribution in [0, 0.1) is 0 Å². The molecular weight excluding hydrogens is 300 g/mol. The highest BCUT2D eigenvalue weighted by molar-refractivity contribution is 6.74. The first-order chi connectivity index (χ1) is 10.7. The molecule has 0 amide bonds. The Kier molecular flexibility index (Phi) is 12.6. The van der Waals surface area contributed by atoms with Gasteiger partial charge in [0.25, 0.3) is 0 Å². The number of rotatable bonds is 14. The van der Waals surface area contributed by atoms with Gasteiger partial charge in [0.15, 0.2) is 8.32 Å². The van der Waals surface area contributed by atoms with Crippen LogP contribution in [-0.4, -0.2) is 26.1 Å². The third kappa shape index (κ3) is 11.3. The van der Waals surface area contributed by atoms with Crippen LogP contribution >= 0.6 is 0 Å². The van der Waals surface area contributed by atoms with Crippen LogP contribution in [-0.2, 0) is 4.43 Å². The van der Waals surface area contributed by atoms with Crippen LogP contribution in [0.1, 0.15) is 98.3 Å². The monoisotopic (exact) mass is 344 g/mol. The second-order valence-electron chi connectivity index (χ2n) is 8.65. The average Bonchev–Trinajstić information content (AvgIpc) is 2.46. The van der Waals surface area contributed by atoms with Crippen molar-refractivity contribution in [2.45, 2.75) is 123 Å². The van der Waals surface area contributed by atoms with Crippen LogP contribution < -0.4 is 0 Å². The standard InChI is InChI=1S/C20H44O2Si/c1-7-8-9-10-11-12-13-14-15-16-17-19(18-21)22-23(5,6)20(2,3)4/h19,21H,7-18H2,1-6H3/t19-/m1/s1. The Balaban J connectivity index is 3.69. The predicted octanol–water partition coefficient (Wildman–Crippen LogP) is 6.68. The lowest BCUT2D eigenvalue weighted by Gasteiger charge is -2.39. The van der Waals surface area contributed by atoms with E-state index in [1.807, 2.05) is 0 Å². The fourth-order valence-electron chi connectivity index (χ4n) is 2.64. The molecule has 0 rings (SSSR count). The molecule has 0 radical (unpaired) electrons. The molecule has 0 unspecified atom stereocenters. The van der Waals surface area contributed by atoms with Crippen LogP contribution in [0.3, 0.4) is 0 Å². The molecule has 0 aromatic carbocycles. The Morgan fingerprint density at radius 2 is 1.26 bits per heavy atom. The molecule has 2 nitrogen and oxygen atoms in total. The summed E-state index contributed by atoms with van der Waals surface area (Å²) in [5.41, 5.74) is 0. The highest BCUT2D eigenvalue weighted by atomic mass is 28.4. The lowest BCUT2D eigenvalue weighted by molar-refractivity contribution is 0.0937. The zero-order chi connectivity index (χ0) is 17.8. The van der Waals surface area contributed by atoms with E-state index in [2.05, 4.69) is 40.8 Å². The molecule has 0 aromatic heterocycles. The van der Waals surface area contributed by atoms with Crippen LogP contribution in [0.2, 0.25) is 18.1 Å². The minimum absolute atomic E-state index is 0.0462. The zero-order valence-corrected chi connectivity index (χ0v) is 17.9. The van der Waals surface area contributed by atoms with Crippen LogP contribution in [0.4, 0.5) is 0 Å². The largest absolute Gasteiger partial charge is 0.412 e. The highest BCUT2D eigenvalue weighted by Gasteiger charge is 2.38. The third-order valence-corrected chi connectivity index (χ3v) is 9.89. The highest BCUT2D eigenvalue weighted by Crippen LogP contribution is 2.37. The molecule has 0 aliphatic carbocycles. The minimum Gasteiger partial charge on any atom is -0.412 e. The molecule has 140 valence electrons. The molecular formula is C20H44O2Si. The quantitative estimate of drug-likeness (QED) is 0.281. The maximum absolute atomic E-state index is 9.60. The van der Waals surface area contributed by atoms with Gasteiger partial charge in [0.1, 0.15) is 0 Å². The van der Waals surface area contributed by atoms with Gasteiger partial charge >= 0.3 is 0 Å². The Bertz CT molecular complexity index is 271. The molecule has 1 N–H and O–H groups in total. The molecule has 0 aliphatic heterocycles. The second kappa shape index (κ2) is 12.5. The lowest BCUT2D eigenvalue weighted by atomic mass is 10.0. The predicted molar refractivity (Wildman–Crippen MR) is 106 cm³/mol. The second-order valence-corrected chi connectivity index (χ2v) is 13.4. The van der Waals surface area contributed by atoms with Crippen molar-refractivity contribution in [2.24, 2.45) is 0 Å². The summed E-state index contributed by atoms with van der Waals surface area (Å²) in [6.45, 7) is 13.8. The van der Waals surface area contributed by atoms with Gasteiger partial charge in [-0.2, -0.15) is 0 Å². The molecule has 1 atom stereocenters. The van der Waals surface area contributed by atoms with Crippen molar-refractivity contribution in [3.05, 3.63) is 0 Å². The summed E-state index contributed by atoms with van der Waals surface area (Å²) in [6, 6.07) is 0. The molecule has 0 aromatic rings. The number of hydrogen-bond donors (Lipinski definition) is 1. The molecule has 0 heterocycles. The van der Waals surface area contributed by atoms with Gasteiger partial charge in [0.05, 0.1) is 12.7 Å². The zero-order valence-electron chi connectivity index (χ0n) is 16.9. The summed E-state index contributed by atoms with van der Waals surface area (Å²) >= 11 is 0. The van der Waals surface area contributed by atoms with Crippen molar-refractivity contribution in [3.63, 3.8) is 0 Å². The first-order valence-corrected chi connectivity index (χ1v) is 12.9. The summed E-state index contributed by atoms with van der Waals surface area (Å²) < 4.78 is 6.32. The maximum Gasteiger partial charge on any atom is 0.192 e. The Hall–Kier alpha value is 0.137. The van der Waals surface area contributed by atoms with Gasteiger partial charge < -0.3 is 9.53 Å². The van der Waals surface area contributed by atoms with E-state index >= 15 is 0 Å². The fourth-order valence-corrected chi connectivity index (χ4v) is 4.02. The molecule has 0 spiro atoms. The molecule has 0 aliphatic rings. The lowest BCUT2D eigenvalue weighted by Crippen LogP contribution is -2.44. The van der Waals surface area contributed by atoms with E-state index in [1.165, 1.54) is 64.2 Å². The molecule has 0 bridgehead atoms. The number of aliphatic hydroxyl groups is 1. The number of aliphatic hydroxyl groups excluding tert-OH is 1. The Morgan fingerprint density at radius 3 is 1.65 bits per heavy atom. The molecule has 0 saturated heterocycles. The Labute approximate surface area is 147 Å². The van der Waals surface area contributed by atoms with E-state index < -0.39 is 8.32 Å². The van der Waals surface area contributed by atoms with Crippen LogP contribution in [0.5, 0.6) is 0 Å². The van der Waals surface area contributed by atoms with Crippen LogP contribution in [0.15, 0.2) is 0 Å². The number of unbranched alkanes of at least 4 members (excludes halogenated alkanes) is 9. The van der Waals surface area contributed by atoms with E-state index in [1.54, 1.807) is 0 Å². The smallest absolute Gasteiger partial charge is 0.192 e. The van der Waals surface area contributed by atoms with E-state index in [-0.39, 0.29) is 17.7 Å².